The molecule has 1 atom stereocenters. The zero-order valence-electron chi connectivity index (χ0n) is 12.9. The van der Waals surface area contributed by atoms with E-state index in [4.69, 9.17) is 0 Å². The van der Waals surface area contributed by atoms with Crippen LogP contribution in [0, 0.1) is 11.7 Å². The van der Waals surface area contributed by atoms with Crippen molar-refractivity contribution in [3.8, 4) is 0 Å². The number of fused-ring (bicyclic) bond motifs is 1. The maximum atomic E-state index is 12.9. The van der Waals surface area contributed by atoms with Crippen LogP contribution in [0.5, 0.6) is 0 Å². The first-order chi connectivity index (χ1) is 11.6. The largest absolute Gasteiger partial charge is 0.352 e. The van der Waals surface area contributed by atoms with Crippen molar-refractivity contribution < 1.29 is 14.0 Å². The number of thioether (sulfide) groups is 1. The van der Waals surface area contributed by atoms with Crippen LogP contribution in [-0.4, -0.2) is 17.6 Å². The lowest BCUT2D eigenvalue weighted by molar-refractivity contribution is -0.126. The molecule has 0 saturated carbocycles. The van der Waals surface area contributed by atoms with Gasteiger partial charge < -0.3 is 10.6 Å². The number of rotatable bonds is 4. The summed E-state index contributed by atoms with van der Waals surface area (Å²) in [5, 5.41) is 5.65. The Morgan fingerprint density at radius 2 is 1.96 bits per heavy atom. The molecule has 4 nitrogen and oxygen atoms in total. The van der Waals surface area contributed by atoms with E-state index < -0.39 is 0 Å². The highest BCUT2D eigenvalue weighted by Crippen LogP contribution is 2.33. The second kappa shape index (κ2) is 7.49. The van der Waals surface area contributed by atoms with Gasteiger partial charge in [-0.1, -0.05) is 24.3 Å². The van der Waals surface area contributed by atoms with E-state index >= 15 is 0 Å². The maximum Gasteiger partial charge on any atom is 0.228 e. The standard InChI is InChI=1S/C18H17FN2O2S/c19-14-7-5-12(6-8-14)10-20-17(22)9-13-11-24-16-4-2-1-3-15(16)21-18(13)23/h1-8,13H,9-11H2,(H,20,22)(H,21,23)/t13-/m1/s1. The van der Waals surface area contributed by atoms with E-state index in [9.17, 15) is 14.0 Å². The van der Waals surface area contributed by atoms with Crippen molar-refractivity contribution >= 4 is 29.3 Å². The molecule has 1 aliphatic heterocycles. The Kier molecular flexibility index (Phi) is 5.15. The summed E-state index contributed by atoms with van der Waals surface area (Å²) in [5.41, 5.74) is 1.61. The van der Waals surface area contributed by atoms with Crippen molar-refractivity contribution in [1.82, 2.24) is 5.32 Å². The van der Waals surface area contributed by atoms with E-state index in [2.05, 4.69) is 10.6 Å². The van der Waals surface area contributed by atoms with Crippen molar-refractivity contribution in [3.63, 3.8) is 0 Å². The number of carbonyl (C=O) groups is 2. The van der Waals surface area contributed by atoms with Gasteiger partial charge in [-0.2, -0.15) is 0 Å². The molecule has 0 aliphatic carbocycles. The number of para-hydroxylation sites is 1. The van der Waals surface area contributed by atoms with Gasteiger partial charge in [0.05, 0.1) is 11.6 Å². The highest BCUT2D eigenvalue weighted by atomic mass is 32.2. The molecule has 24 heavy (non-hydrogen) atoms. The van der Waals surface area contributed by atoms with Gasteiger partial charge in [-0.15, -0.1) is 11.8 Å². The molecule has 0 radical (unpaired) electrons. The molecule has 6 heteroatoms. The molecular weight excluding hydrogens is 327 g/mol. The third kappa shape index (κ3) is 4.14. The summed E-state index contributed by atoms with van der Waals surface area (Å²) in [7, 11) is 0. The second-order valence-corrected chi connectivity index (χ2v) is 6.66. The molecule has 124 valence electrons. The number of anilines is 1. The van der Waals surface area contributed by atoms with Crippen molar-refractivity contribution in [2.24, 2.45) is 5.92 Å². The molecule has 0 spiro atoms. The number of nitrogens with one attached hydrogen (secondary N) is 2. The lowest BCUT2D eigenvalue weighted by Crippen LogP contribution is -2.31. The SMILES string of the molecule is O=C(C[C@@H]1CSc2ccccc2NC1=O)NCc1ccc(F)cc1. The molecule has 0 aromatic heterocycles. The Hall–Kier alpha value is -2.34. The van der Waals surface area contributed by atoms with E-state index in [1.54, 1.807) is 23.9 Å². The molecule has 2 aromatic carbocycles. The molecule has 3 rings (SSSR count). The molecule has 2 aromatic rings. The predicted molar refractivity (Wildman–Crippen MR) is 92.1 cm³/mol. The van der Waals surface area contributed by atoms with Crippen LogP contribution < -0.4 is 10.6 Å². The first kappa shape index (κ1) is 16.5. The van der Waals surface area contributed by atoms with E-state index in [-0.39, 0.29) is 30.0 Å². The quantitative estimate of drug-likeness (QED) is 0.895. The Morgan fingerprint density at radius 1 is 1.21 bits per heavy atom. The highest BCUT2D eigenvalue weighted by molar-refractivity contribution is 7.99. The summed E-state index contributed by atoms with van der Waals surface area (Å²) in [6.07, 6.45) is 0.133. The van der Waals surface area contributed by atoms with Crippen LogP contribution in [0.2, 0.25) is 0 Å². The van der Waals surface area contributed by atoms with Crippen LogP contribution in [0.15, 0.2) is 53.4 Å². The fourth-order valence-electron chi connectivity index (χ4n) is 2.45. The average molecular weight is 344 g/mol. The summed E-state index contributed by atoms with van der Waals surface area (Å²) in [6.45, 7) is 0.320. The molecule has 0 fully saturated rings. The molecule has 1 aliphatic rings. The van der Waals surface area contributed by atoms with Gasteiger partial charge in [0, 0.05) is 23.6 Å². The van der Waals surface area contributed by atoms with Gasteiger partial charge in [0.1, 0.15) is 5.82 Å². The predicted octanol–water partition coefficient (Wildman–Crippen LogP) is 3.19. The fourth-order valence-corrected chi connectivity index (χ4v) is 3.55. The number of amides is 2. The normalized spacial score (nSPS) is 16.7. The number of benzene rings is 2. The number of halogens is 1. The molecule has 0 bridgehead atoms. The molecule has 0 unspecified atom stereocenters. The highest BCUT2D eigenvalue weighted by Gasteiger charge is 2.26. The van der Waals surface area contributed by atoms with Crippen LogP contribution in [-0.2, 0) is 16.1 Å². The molecule has 1 heterocycles. The second-order valence-electron chi connectivity index (χ2n) is 5.60. The van der Waals surface area contributed by atoms with Gasteiger partial charge in [-0.3, -0.25) is 9.59 Å². The minimum atomic E-state index is -0.379. The van der Waals surface area contributed by atoms with Crippen molar-refractivity contribution in [2.75, 3.05) is 11.1 Å². The lowest BCUT2D eigenvalue weighted by atomic mass is 10.1. The van der Waals surface area contributed by atoms with Crippen LogP contribution in [0.1, 0.15) is 12.0 Å². The number of hydrogen-bond donors (Lipinski definition) is 2. The van der Waals surface area contributed by atoms with E-state index in [1.165, 1.54) is 12.1 Å². The van der Waals surface area contributed by atoms with Crippen molar-refractivity contribution in [1.29, 1.82) is 0 Å². The first-order valence-electron chi connectivity index (χ1n) is 7.65. The minimum Gasteiger partial charge on any atom is -0.352 e. The van der Waals surface area contributed by atoms with Gasteiger partial charge in [-0.05, 0) is 29.8 Å². The van der Waals surface area contributed by atoms with E-state index in [1.807, 2.05) is 24.3 Å². The first-order valence-corrected chi connectivity index (χ1v) is 8.64. The monoisotopic (exact) mass is 344 g/mol. The number of hydrogen-bond acceptors (Lipinski definition) is 3. The average Bonchev–Trinajstić information content (AvgIpc) is 2.74. The van der Waals surface area contributed by atoms with Crippen LogP contribution in [0.3, 0.4) is 0 Å². The van der Waals surface area contributed by atoms with Crippen molar-refractivity contribution in [3.05, 3.63) is 59.9 Å². The topological polar surface area (TPSA) is 58.2 Å². The minimum absolute atomic E-state index is 0.133. The zero-order valence-corrected chi connectivity index (χ0v) is 13.7. The molecular formula is C18H17FN2O2S. The summed E-state index contributed by atoms with van der Waals surface area (Å²) < 4.78 is 12.9. The Labute approximate surface area is 143 Å². The van der Waals surface area contributed by atoms with Crippen molar-refractivity contribution in [2.45, 2.75) is 17.9 Å². The molecule has 2 N–H and O–H groups in total. The van der Waals surface area contributed by atoms with E-state index in [0.717, 1.165) is 16.1 Å². The summed E-state index contributed by atoms with van der Waals surface area (Å²) in [6, 6.07) is 13.6. The number of carbonyl (C=O) groups excluding carboxylic acids is 2. The lowest BCUT2D eigenvalue weighted by Gasteiger charge is -2.12. The smallest absolute Gasteiger partial charge is 0.228 e. The van der Waals surface area contributed by atoms with Crippen LogP contribution in [0.25, 0.3) is 0 Å². The van der Waals surface area contributed by atoms with Gasteiger partial charge in [0.25, 0.3) is 0 Å². The Bertz CT molecular complexity index is 749. The van der Waals surface area contributed by atoms with Gasteiger partial charge in [-0.25, -0.2) is 4.39 Å². The zero-order chi connectivity index (χ0) is 16.9. The maximum absolute atomic E-state index is 12.9. The summed E-state index contributed by atoms with van der Waals surface area (Å²) in [5.74, 6) is -0.449. The Morgan fingerprint density at radius 3 is 2.75 bits per heavy atom. The van der Waals surface area contributed by atoms with Crippen LogP contribution in [0.4, 0.5) is 10.1 Å². The third-order valence-corrected chi connectivity index (χ3v) is 5.03. The molecule has 0 saturated heterocycles. The van der Waals surface area contributed by atoms with Gasteiger partial charge in [0.2, 0.25) is 11.8 Å². The van der Waals surface area contributed by atoms with E-state index in [0.29, 0.717) is 12.3 Å². The van der Waals surface area contributed by atoms with Gasteiger partial charge in [0.15, 0.2) is 0 Å². The Balaban J connectivity index is 1.55. The third-order valence-electron chi connectivity index (χ3n) is 3.79. The summed E-state index contributed by atoms with van der Waals surface area (Å²) >= 11 is 1.57. The van der Waals surface area contributed by atoms with Gasteiger partial charge >= 0.3 is 0 Å². The van der Waals surface area contributed by atoms with Crippen LogP contribution >= 0.6 is 11.8 Å². The molecule has 2 amide bonds. The summed E-state index contributed by atoms with van der Waals surface area (Å²) in [4.78, 5) is 25.4. The fraction of sp³-hybridized carbons (Fsp3) is 0.222.